The Labute approximate surface area is 202 Å². The summed E-state index contributed by atoms with van der Waals surface area (Å²) in [6, 6.07) is 16.9. The fourth-order valence-electron chi connectivity index (χ4n) is 4.65. The van der Waals surface area contributed by atoms with Gasteiger partial charge < -0.3 is 15.0 Å². The Morgan fingerprint density at radius 2 is 2.00 bits per heavy atom. The van der Waals surface area contributed by atoms with Gasteiger partial charge in [0, 0.05) is 18.0 Å². The van der Waals surface area contributed by atoms with E-state index in [2.05, 4.69) is 5.32 Å². The van der Waals surface area contributed by atoms with E-state index in [4.69, 9.17) is 4.74 Å². The van der Waals surface area contributed by atoms with Gasteiger partial charge in [0.05, 0.1) is 12.6 Å². The van der Waals surface area contributed by atoms with Crippen LogP contribution in [0.15, 0.2) is 60.0 Å². The molecule has 2 aliphatic rings. The molecule has 8 heteroatoms. The second-order valence-corrected chi connectivity index (χ2v) is 10.0. The van der Waals surface area contributed by atoms with Crippen molar-refractivity contribution in [2.45, 2.75) is 38.0 Å². The molecule has 2 saturated heterocycles. The molecule has 2 unspecified atom stereocenters. The number of rotatable bonds is 7. The lowest BCUT2D eigenvalue weighted by molar-refractivity contribution is -0.140. The molecule has 1 N–H and O–H groups in total. The van der Waals surface area contributed by atoms with Crippen LogP contribution < -0.4 is 5.32 Å². The van der Waals surface area contributed by atoms with Crippen LogP contribution in [0.2, 0.25) is 0 Å². The average molecular weight is 478 g/mol. The second kappa shape index (κ2) is 9.19. The molecular weight excluding hydrogens is 450 g/mol. The predicted octanol–water partition coefficient (Wildman–Crippen LogP) is 3.88. The first-order chi connectivity index (χ1) is 16.4. The molecule has 5 rings (SSSR count). The summed E-state index contributed by atoms with van der Waals surface area (Å²) in [5.74, 6) is -0.690. The van der Waals surface area contributed by atoms with Gasteiger partial charge in [0.2, 0.25) is 5.91 Å². The fraction of sp³-hybridized carbons (Fsp3) is 0.346. The SMILES string of the molecule is CC1(c2ccc3ccccc3c2)NC(=O)N(CC(=O)N(Cc2cccs2)CC2CCCO2)C1=O. The van der Waals surface area contributed by atoms with E-state index in [9.17, 15) is 14.4 Å². The largest absolute Gasteiger partial charge is 0.376 e. The van der Waals surface area contributed by atoms with Gasteiger partial charge in [-0.05, 0) is 53.6 Å². The molecule has 4 amide bonds. The van der Waals surface area contributed by atoms with Crippen LogP contribution in [-0.4, -0.2) is 53.4 Å². The molecular formula is C26H27N3O4S. The van der Waals surface area contributed by atoms with Crippen LogP contribution in [-0.2, 0) is 26.4 Å². The zero-order chi connectivity index (χ0) is 23.7. The molecule has 0 spiro atoms. The van der Waals surface area contributed by atoms with Crippen molar-refractivity contribution >= 4 is 40.0 Å². The maximum absolute atomic E-state index is 13.4. The van der Waals surface area contributed by atoms with E-state index in [1.165, 1.54) is 0 Å². The molecule has 2 fully saturated rings. The predicted molar refractivity (Wildman–Crippen MR) is 130 cm³/mol. The zero-order valence-corrected chi connectivity index (χ0v) is 19.8. The minimum absolute atomic E-state index is 0.0186. The van der Waals surface area contributed by atoms with Crippen LogP contribution in [0.4, 0.5) is 4.79 Å². The van der Waals surface area contributed by atoms with Gasteiger partial charge in [-0.3, -0.25) is 14.5 Å². The minimum atomic E-state index is -1.23. The summed E-state index contributed by atoms with van der Waals surface area (Å²) in [6.07, 6.45) is 1.86. The number of amides is 4. The van der Waals surface area contributed by atoms with Crippen LogP contribution in [0.5, 0.6) is 0 Å². The number of ether oxygens (including phenoxy) is 1. The number of nitrogens with zero attached hydrogens (tertiary/aromatic N) is 2. The first kappa shape index (κ1) is 22.6. The van der Waals surface area contributed by atoms with Crippen molar-refractivity contribution in [1.82, 2.24) is 15.1 Å². The number of nitrogens with one attached hydrogen (secondary N) is 1. The van der Waals surface area contributed by atoms with Crippen molar-refractivity contribution in [3.05, 3.63) is 70.4 Å². The second-order valence-electron chi connectivity index (χ2n) is 9.00. The van der Waals surface area contributed by atoms with Crippen molar-refractivity contribution in [1.29, 1.82) is 0 Å². The number of thiophene rings is 1. The zero-order valence-electron chi connectivity index (χ0n) is 19.0. The highest BCUT2D eigenvalue weighted by Crippen LogP contribution is 2.31. The first-order valence-electron chi connectivity index (χ1n) is 11.5. The molecule has 2 aliphatic heterocycles. The van der Waals surface area contributed by atoms with E-state index in [-0.39, 0.29) is 18.6 Å². The Balaban J connectivity index is 1.35. The molecule has 0 radical (unpaired) electrons. The number of fused-ring (bicyclic) bond motifs is 1. The monoisotopic (exact) mass is 477 g/mol. The molecule has 0 aliphatic carbocycles. The van der Waals surface area contributed by atoms with Gasteiger partial charge in [0.15, 0.2) is 0 Å². The van der Waals surface area contributed by atoms with Crippen molar-refractivity contribution < 1.29 is 19.1 Å². The first-order valence-corrected chi connectivity index (χ1v) is 12.4. The van der Waals surface area contributed by atoms with E-state index >= 15 is 0 Å². The third-order valence-corrected chi connectivity index (χ3v) is 7.48. The lowest BCUT2D eigenvalue weighted by Crippen LogP contribution is -2.46. The molecule has 34 heavy (non-hydrogen) atoms. The smallest absolute Gasteiger partial charge is 0.325 e. The molecule has 3 heterocycles. The van der Waals surface area contributed by atoms with Gasteiger partial charge in [-0.15, -0.1) is 11.3 Å². The normalized spacial score (nSPS) is 22.4. The highest BCUT2D eigenvalue weighted by Gasteiger charge is 2.49. The van der Waals surface area contributed by atoms with Crippen LogP contribution >= 0.6 is 11.3 Å². The van der Waals surface area contributed by atoms with Gasteiger partial charge in [-0.25, -0.2) is 4.79 Å². The molecule has 7 nitrogen and oxygen atoms in total. The van der Waals surface area contributed by atoms with E-state index < -0.39 is 17.5 Å². The quantitative estimate of drug-likeness (QED) is 0.524. The lowest BCUT2D eigenvalue weighted by Gasteiger charge is -2.27. The Bertz CT molecular complexity index is 1220. The van der Waals surface area contributed by atoms with Crippen molar-refractivity contribution in [2.75, 3.05) is 19.7 Å². The van der Waals surface area contributed by atoms with Crippen molar-refractivity contribution in [2.24, 2.45) is 0 Å². The number of hydrogen-bond donors (Lipinski definition) is 1. The minimum Gasteiger partial charge on any atom is -0.376 e. The van der Waals surface area contributed by atoms with Gasteiger partial charge in [0.1, 0.15) is 12.1 Å². The Kier molecular flexibility index (Phi) is 6.10. The number of benzene rings is 2. The summed E-state index contributed by atoms with van der Waals surface area (Å²) in [6.45, 7) is 2.97. The summed E-state index contributed by atoms with van der Waals surface area (Å²) < 4.78 is 5.74. The van der Waals surface area contributed by atoms with E-state index in [0.29, 0.717) is 25.3 Å². The number of urea groups is 1. The summed E-state index contributed by atoms with van der Waals surface area (Å²) in [5.41, 5.74) is -0.538. The molecule has 2 aromatic carbocycles. The number of imide groups is 1. The highest BCUT2D eigenvalue weighted by molar-refractivity contribution is 7.09. The summed E-state index contributed by atoms with van der Waals surface area (Å²) in [7, 11) is 0. The number of carbonyl (C=O) groups is 3. The molecule has 2 atom stereocenters. The Hall–Kier alpha value is -3.23. The molecule has 0 bridgehead atoms. The molecule has 176 valence electrons. The van der Waals surface area contributed by atoms with Crippen molar-refractivity contribution in [3.8, 4) is 0 Å². The third kappa shape index (κ3) is 4.31. The third-order valence-electron chi connectivity index (χ3n) is 6.62. The number of carbonyl (C=O) groups excluding carboxylic acids is 3. The summed E-state index contributed by atoms with van der Waals surface area (Å²) >= 11 is 1.57. The Morgan fingerprint density at radius 3 is 2.74 bits per heavy atom. The van der Waals surface area contributed by atoms with Crippen LogP contribution in [0.1, 0.15) is 30.2 Å². The van der Waals surface area contributed by atoms with E-state index in [0.717, 1.165) is 33.4 Å². The molecule has 0 saturated carbocycles. The van der Waals surface area contributed by atoms with Gasteiger partial charge in [-0.1, -0.05) is 42.5 Å². The van der Waals surface area contributed by atoms with E-state index in [1.807, 2.05) is 60.0 Å². The highest BCUT2D eigenvalue weighted by atomic mass is 32.1. The molecule has 1 aromatic heterocycles. The molecule has 3 aromatic rings. The average Bonchev–Trinajstić information content (AvgIpc) is 3.59. The fourth-order valence-corrected chi connectivity index (χ4v) is 5.37. The van der Waals surface area contributed by atoms with Crippen LogP contribution in [0.3, 0.4) is 0 Å². The van der Waals surface area contributed by atoms with E-state index in [1.54, 1.807) is 23.2 Å². The standard InChI is InChI=1S/C26H27N3O4S/c1-26(20-11-10-18-6-2-3-7-19(18)14-20)24(31)29(25(32)27-26)17-23(30)28(15-21-8-4-12-33-21)16-22-9-5-13-34-22/h2-3,5-7,9-11,13-14,21H,4,8,12,15-17H2,1H3,(H,27,32). The Morgan fingerprint density at radius 1 is 1.18 bits per heavy atom. The van der Waals surface area contributed by atoms with Gasteiger partial charge in [-0.2, -0.15) is 0 Å². The van der Waals surface area contributed by atoms with Gasteiger partial charge >= 0.3 is 6.03 Å². The van der Waals surface area contributed by atoms with Gasteiger partial charge in [0.25, 0.3) is 5.91 Å². The lowest BCUT2D eigenvalue weighted by atomic mass is 9.90. The van der Waals surface area contributed by atoms with Crippen LogP contribution in [0, 0.1) is 0 Å². The maximum Gasteiger partial charge on any atom is 0.325 e. The summed E-state index contributed by atoms with van der Waals surface area (Å²) in [4.78, 5) is 43.4. The topological polar surface area (TPSA) is 79.0 Å². The summed E-state index contributed by atoms with van der Waals surface area (Å²) in [5, 5.41) is 6.82. The maximum atomic E-state index is 13.4. The van der Waals surface area contributed by atoms with Crippen LogP contribution in [0.25, 0.3) is 10.8 Å². The van der Waals surface area contributed by atoms with Crippen molar-refractivity contribution in [3.63, 3.8) is 0 Å². The number of hydrogen-bond acceptors (Lipinski definition) is 5.